The van der Waals surface area contributed by atoms with Crippen molar-refractivity contribution in [3.8, 4) is 5.75 Å². The monoisotopic (exact) mass is 383 g/mol. The van der Waals surface area contributed by atoms with Gasteiger partial charge in [-0.05, 0) is 18.4 Å². The lowest BCUT2D eigenvalue weighted by Gasteiger charge is -2.12. The summed E-state index contributed by atoms with van der Waals surface area (Å²) in [5, 5.41) is 12.1. The van der Waals surface area contributed by atoms with Crippen molar-refractivity contribution in [2.24, 2.45) is 0 Å². The van der Waals surface area contributed by atoms with Crippen LogP contribution in [0.5, 0.6) is 5.75 Å². The van der Waals surface area contributed by atoms with Gasteiger partial charge in [0.1, 0.15) is 12.4 Å². The Hall–Kier alpha value is -2.05. The van der Waals surface area contributed by atoms with E-state index in [0.717, 1.165) is 34.4 Å². The van der Waals surface area contributed by atoms with Crippen molar-refractivity contribution in [2.45, 2.75) is 38.1 Å². The predicted molar refractivity (Wildman–Crippen MR) is 109 cm³/mol. The summed E-state index contributed by atoms with van der Waals surface area (Å²) in [6.45, 7) is 7.30. The molecular weight excluding hydrogens is 356 g/mol. The lowest BCUT2D eigenvalue weighted by Crippen LogP contribution is -3.10. The van der Waals surface area contributed by atoms with Crippen LogP contribution in [0.1, 0.15) is 25.6 Å². The fourth-order valence-electron chi connectivity index (χ4n) is 3.73. The molecule has 0 atom stereocenters. The maximum absolute atomic E-state index is 6.11. The van der Waals surface area contributed by atoms with E-state index in [4.69, 9.17) is 4.74 Å². The number of rotatable bonds is 8. The average Bonchev–Trinajstić information content (AvgIpc) is 3.36. The number of hydrogen-bond acceptors (Lipinski definition) is 4. The van der Waals surface area contributed by atoms with Gasteiger partial charge in [0.25, 0.3) is 0 Å². The zero-order valence-electron chi connectivity index (χ0n) is 15.9. The zero-order chi connectivity index (χ0) is 18.5. The van der Waals surface area contributed by atoms with Crippen molar-refractivity contribution in [1.82, 2.24) is 14.8 Å². The van der Waals surface area contributed by atoms with Gasteiger partial charge in [-0.1, -0.05) is 48.2 Å². The van der Waals surface area contributed by atoms with E-state index in [-0.39, 0.29) is 0 Å². The van der Waals surface area contributed by atoms with Crippen LogP contribution >= 0.6 is 11.8 Å². The summed E-state index contributed by atoms with van der Waals surface area (Å²) >= 11 is 1.82. The summed E-state index contributed by atoms with van der Waals surface area (Å²) in [4.78, 5) is 1.73. The highest BCUT2D eigenvalue weighted by Crippen LogP contribution is 2.26. The quantitative estimate of drug-likeness (QED) is 0.608. The Morgan fingerprint density at radius 1 is 1.07 bits per heavy atom. The summed E-state index contributed by atoms with van der Waals surface area (Å²) in [5.41, 5.74) is 0. The number of ether oxygens (including phenoxy) is 1. The zero-order valence-corrected chi connectivity index (χ0v) is 16.7. The SMILES string of the molecule is CCn1c(COc2cccc3ccccc23)nnc1SCC[NH+]1CCCC1. The maximum Gasteiger partial charge on any atom is 0.191 e. The van der Waals surface area contributed by atoms with E-state index in [0.29, 0.717) is 6.61 Å². The fraction of sp³-hybridized carbons (Fsp3) is 0.429. The van der Waals surface area contributed by atoms with Crippen LogP contribution in [0.25, 0.3) is 10.8 Å². The Labute approximate surface area is 164 Å². The lowest BCUT2D eigenvalue weighted by molar-refractivity contribution is -0.884. The molecule has 0 radical (unpaired) electrons. The third-order valence-electron chi connectivity index (χ3n) is 5.21. The summed E-state index contributed by atoms with van der Waals surface area (Å²) in [7, 11) is 0. The smallest absolute Gasteiger partial charge is 0.191 e. The van der Waals surface area contributed by atoms with Gasteiger partial charge in [0, 0.05) is 24.8 Å². The van der Waals surface area contributed by atoms with Gasteiger partial charge in [0.15, 0.2) is 11.0 Å². The van der Waals surface area contributed by atoms with Crippen LogP contribution in [0.2, 0.25) is 0 Å². The average molecular weight is 384 g/mol. The minimum Gasteiger partial charge on any atom is -0.485 e. The van der Waals surface area contributed by atoms with Crippen LogP contribution in [-0.2, 0) is 13.2 Å². The van der Waals surface area contributed by atoms with E-state index in [2.05, 4.69) is 39.9 Å². The first-order valence-corrected chi connectivity index (χ1v) is 10.8. The van der Waals surface area contributed by atoms with E-state index < -0.39 is 0 Å². The summed E-state index contributed by atoms with van der Waals surface area (Å²) < 4.78 is 8.29. The van der Waals surface area contributed by atoms with Crippen LogP contribution in [0.15, 0.2) is 47.6 Å². The third-order valence-corrected chi connectivity index (χ3v) is 6.18. The molecule has 0 saturated carbocycles. The molecule has 1 aliphatic heterocycles. The van der Waals surface area contributed by atoms with Gasteiger partial charge in [0.05, 0.1) is 25.4 Å². The molecule has 6 heteroatoms. The third kappa shape index (κ3) is 4.28. The molecule has 2 aromatic carbocycles. The Balaban J connectivity index is 1.40. The van der Waals surface area contributed by atoms with Crippen molar-refractivity contribution in [2.75, 3.05) is 25.4 Å². The van der Waals surface area contributed by atoms with Gasteiger partial charge in [-0.3, -0.25) is 0 Å². The highest BCUT2D eigenvalue weighted by Gasteiger charge is 2.17. The molecule has 5 nitrogen and oxygen atoms in total. The first kappa shape index (κ1) is 18.3. The van der Waals surface area contributed by atoms with Crippen molar-refractivity contribution in [1.29, 1.82) is 0 Å². The second-order valence-electron chi connectivity index (χ2n) is 6.96. The van der Waals surface area contributed by atoms with Crippen LogP contribution in [0.3, 0.4) is 0 Å². The van der Waals surface area contributed by atoms with E-state index in [1.54, 1.807) is 4.90 Å². The molecule has 142 valence electrons. The van der Waals surface area contributed by atoms with E-state index in [9.17, 15) is 0 Å². The number of aromatic nitrogens is 3. The maximum atomic E-state index is 6.11. The summed E-state index contributed by atoms with van der Waals surface area (Å²) in [6, 6.07) is 14.4. The highest BCUT2D eigenvalue weighted by atomic mass is 32.2. The highest BCUT2D eigenvalue weighted by molar-refractivity contribution is 7.99. The molecule has 0 aliphatic carbocycles. The molecule has 1 saturated heterocycles. The fourth-order valence-corrected chi connectivity index (χ4v) is 4.79. The van der Waals surface area contributed by atoms with Crippen LogP contribution in [0, 0.1) is 0 Å². The number of nitrogens with one attached hydrogen (secondary N) is 1. The molecule has 0 unspecified atom stereocenters. The number of quaternary nitrogens is 1. The van der Waals surface area contributed by atoms with Gasteiger partial charge >= 0.3 is 0 Å². The molecule has 0 bridgehead atoms. The van der Waals surface area contributed by atoms with E-state index in [1.165, 1.54) is 37.9 Å². The Morgan fingerprint density at radius 3 is 2.74 bits per heavy atom. The number of nitrogens with zero attached hydrogens (tertiary/aromatic N) is 3. The number of fused-ring (bicyclic) bond motifs is 1. The van der Waals surface area contributed by atoms with Crippen molar-refractivity contribution in [3.63, 3.8) is 0 Å². The molecule has 4 rings (SSSR count). The van der Waals surface area contributed by atoms with Crippen LogP contribution < -0.4 is 9.64 Å². The molecule has 0 spiro atoms. The van der Waals surface area contributed by atoms with Crippen molar-refractivity contribution >= 4 is 22.5 Å². The number of benzene rings is 2. The molecule has 2 heterocycles. The van der Waals surface area contributed by atoms with Crippen molar-refractivity contribution < 1.29 is 9.64 Å². The largest absolute Gasteiger partial charge is 0.485 e. The van der Waals surface area contributed by atoms with Gasteiger partial charge in [-0.15, -0.1) is 10.2 Å². The molecule has 3 aromatic rings. The first-order chi connectivity index (χ1) is 13.3. The second kappa shape index (κ2) is 8.76. The molecule has 1 aliphatic rings. The minimum absolute atomic E-state index is 0.437. The number of hydrogen-bond donors (Lipinski definition) is 1. The molecule has 27 heavy (non-hydrogen) atoms. The molecule has 1 N–H and O–H groups in total. The second-order valence-corrected chi connectivity index (χ2v) is 8.03. The van der Waals surface area contributed by atoms with Gasteiger partial charge in [0.2, 0.25) is 0 Å². The van der Waals surface area contributed by atoms with E-state index in [1.807, 2.05) is 36.0 Å². The first-order valence-electron chi connectivity index (χ1n) is 9.84. The van der Waals surface area contributed by atoms with Crippen molar-refractivity contribution in [3.05, 3.63) is 48.3 Å². The Morgan fingerprint density at radius 2 is 1.89 bits per heavy atom. The number of likely N-dealkylation sites (tertiary alicyclic amines) is 1. The molecule has 1 fully saturated rings. The minimum atomic E-state index is 0.437. The standard InChI is InChI=1S/C21H26N4OS/c1-2-25-20(22-23-21(25)27-15-14-24-12-5-6-13-24)16-26-19-11-7-9-17-8-3-4-10-18(17)19/h3-4,7-11H,2,5-6,12-16H2,1H3/p+1. The summed E-state index contributed by atoms with van der Waals surface area (Å²) in [6.07, 6.45) is 2.75. The molecule has 1 aromatic heterocycles. The van der Waals surface area contributed by atoms with Gasteiger partial charge < -0.3 is 14.2 Å². The van der Waals surface area contributed by atoms with Crippen LogP contribution in [-0.4, -0.2) is 40.2 Å². The number of thioether (sulfide) groups is 1. The van der Waals surface area contributed by atoms with Gasteiger partial charge in [-0.25, -0.2) is 0 Å². The predicted octanol–water partition coefficient (Wildman–Crippen LogP) is 2.80. The normalized spacial score (nSPS) is 14.9. The molecular formula is C21H27N4OS+. The Kier molecular flexibility index (Phi) is 5.94. The summed E-state index contributed by atoms with van der Waals surface area (Å²) in [5.74, 6) is 2.88. The topological polar surface area (TPSA) is 44.4 Å². The lowest BCUT2D eigenvalue weighted by atomic mass is 10.1. The Bertz CT molecular complexity index is 884. The van der Waals surface area contributed by atoms with E-state index >= 15 is 0 Å². The van der Waals surface area contributed by atoms with Gasteiger partial charge in [-0.2, -0.15) is 0 Å². The molecule has 0 amide bonds. The van der Waals surface area contributed by atoms with Crippen LogP contribution in [0.4, 0.5) is 0 Å².